The molecule has 0 bridgehead atoms. The molecule has 1 aliphatic carbocycles. The Bertz CT molecular complexity index is 1380. The standard InChI is InChI=1S/C30H20O6/c31-27-21-13-7-8-14-22(21)28(32)26-24(30(34)36-18-20-11-5-2-6-12-20)16-15-23(25(26)27)29(33)35-17-19-9-3-1-4-10-19/h1-16H,17-18H2. The number of hydrogen-bond donors (Lipinski definition) is 0. The minimum atomic E-state index is -0.764. The van der Waals surface area contributed by atoms with Gasteiger partial charge in [0.1, 0.15) is 13.2 Å². The summed E-state index contributed by atoms with van der Waals surface area (Å²) in [5.41, 5.74) is 1.43. The Kier molecular flexibility index (Phi) is 6.24. The van der Waals surface area contributed by atoms with Crippen molar-refractivity contribution in [2.24, 2.45) is 0 Å². The van der Waals surface area contributed by atoms with Gasteiger partial charge in [-0.2, -0.15) is 0 Å². The summed E-state index contributed by atoms with van der Waals surface area (Å²) < 4.78 is 10.9. The fraction of sp³-hybridized carbons (Fsp3) is 0.0667. The number of ether oxygens (including phenoxy) is 2. The third-order valence-corrected chi connectivity index (χ3v) is 5.94. The predicted molar refractivity (Wildman–Crippen MR) is 131 cm³/mol. The molecule has 6 nitrogen and oxygen atoms in total. The van der Waals surface area contributed by atoms with Crippen molar-refractivity contribution >= 4 is 23.5 Å². The molecule has 36 heavy (non-hydrogen) atoms. The molecule has 0 unspecified atom stereocenters. The largest absolute Gasteiger partial charge is 0.457 e. The first-order valence-electron chi connectivity index (χ1n) is 11.3. The predicted octanol–water partition coefficient (Wildman–Crippen LogP) is 5.18. The number of rotatable bonds is 6. The molecule has 0 atom stereocenters. The van der Waals surface area contributed by atoms with Crippen molar-refractivity contribution in [2.75, 3.05) is 0 Å². The molecule has 0 spiro atoms. The summed E-state index contributed by atoms with van der Waals surface area (Å²) in [6.45, 7) is -0.0118. The first-order chi connectivity index (χ1) is 17.5. The second-order valence-corrected chi connectivity index (χ2v) is 8.24. The molecule has 0 heterocycles. The van der Waals surface area contributed by atoms with Gasteiger partial charge in [0.15, 0.2) is 11.6 Å². The molecule has 4 aromatic carbocycles. The van der Waals surface area contributed by atoms with Gasteiger partial charge >= 0.3 is 11.9 Å². The van der Waals surface area contributed by atoms with E-state index in [4.69, 9.17) is 9.47 Å². The molecular weight excluding hydrogens is 456 g/mol. The monoisotopic (exact) mass is 476 g/mol. The average molecular weight is 476 g/mol. The maximum atomic E-state index is 13.5. The Labute approximate surface area is 207 Å². The number of hydrogen-bond acceptors (Lipinski definition) is 6. The summed E-state index contributed by atoms with van der Waals surface area (Å²) in [7, 11) is 0. The van der Waals surface area contributed by atoms with Crippen molar-refractivity contribution in [3.05, 3.63) is 142 Å². The van der Waals surface area contributed by atoms with Crippen LogP contribution in [-0.4, -0.2) is 23.5 Å². The molecular formula is C30H20O6. The van der Waals surface area contributed by atoms with Gasteiger partial charge in [0.2, 0.25) is 0 Å². The quantitative estimate of drug-likeness (QED) is 0.314. The van der Waals surface area contributed by atoms with Crippen molar-refractivity contribution in [1.82, 2.24) is 0 Å². The Morgan fingerprint density at radius 1 is 0.500 bits per heavy atom. The maximum Gasteiger partial charge on any atom is 0.339 e. The number of fused-ring (bicyclic) bond motifs is 2. The van der Waals surface area contributed by atoms with Crippen LogP contribution in [0.3, 0.4) is 0 Å². The van der Waals surface area contributed by atoms with Crippen LogP contribution < -0.4 is 0 Å². The molecule has 0 N–H and O–H groups in total. The van der Waals surface area contributed by atoms with Crippen LogP contribution in [-0.2, 0) is 22.7 Å². The van der Waals surface area contributed by atoms with Crippen LogP contribution in [0.4, 0.5) is 0 Å². The third-order valence-electron chi connectivity index (χ3n) is 5.94. The summed E-state index contributed by atoms with van der Waals surface area (Å²) in [5, 5.41) is 0. The van der Waals surface area contributed by atoms with Crippen LogP contribution in [0.2, 0.25) is 0 Å². The fourth-order valence-corrected chi connectivity index (χ4v) is 4.16. The van der Waals surface area contributed by atoms with Crippen molar-refractivity contribution in [3.63, 3.8) is 0 Å². The molecule has 176 valence electrons. The van der Waals surface area contributed by atoms with Crippen molar-refractivity contribution in [2.45, 2.75) is 13.2 Å². The highest BCUT2D eigenvalue weighted by Crippen LogP contribution is 2.33. The lowest BCUT2D eigenvalue weighted by Gasteiger charge is -2.22. The molecule has 6 heteroatoms. The Morgan fingerprint density at radius 2 is 0.861 bits per heavy atom. The van der Waals surface area contributed by atoms with Crippen molar-refractivity contribution < 1.29 is 28.7 Å². The molecule has 0 saturated carbocycles. The van der Waals surface area contributed by atoms with E-state index in [2.05, 4.69) is 0 Å². The normalized spacial score (nSPS) is 11.9. The zero-order valence-electron chi connectivity index (χ0n) is 19.1. The lowest BCUT2D eigenvalue weighted by atomic mass is 9.79. The van der Waals surface area contributed by atoms with E-state index in [1.807, 2.05) is 36.4 Å². The fourth-order valence-electron chi connectivity index (χ4n) is 4.16. The molecule has 0 amide bonds. The van der Waals surface area contributed by atoms with Gasteiger partial charge in [-0.1, -0.05) is 84.9 Å². The van der Waals surface area contributed by atoms with E-state index in [1.54, 1.807) is 36.4 Å². The van der Waals surface area contributed by atoms with Gasteiger partial charge in [0.05, 0.1) is 11.1 Å². The summed E-state index contributed by atoms with van der Waals surface area (Å²) in [6, 6.07) is 27.2. The first kappa shape index (κ1) is 22.9. The van der Waals surface area contributed by atoms with Crippen LogP contribution in [0.25, 0.3) is 0 Å². The van der Waals surface area contributed by atoms with E-state index in [0.29, 0.717) is 0 Å². The van der Waals surface area contributed by atoms with Gasteiger partial charge in [0.25, 0.3) is 0 Å². The molecule has 5 rings (SSSR count). The highest BCUT2D eigenvalue weighted by Gasteiger charge is 2.37. The smallest absolute Gasteiger partial charge is 0.339 e. The number of ketones is 2. The zero-order chi connectivity index (χ0) is 25.1. The zero-order valence-corrected chi connectivity index (χ0v) is 19.1. The minimum absolute atomic E-state index is 0.00591. The summed E-state index contributed by atoms with van der Waals surface area (Å²) in [6.07, 6.45) is 0. The Hall–Kier alpha value is -4.84. The lowest BCUT2D eigenvalue weighted by molar-refractivity contribution is 0.0455. The molecule has 4 aromatic rings. The highest BCUT2D eigenvalue weighted by atomic mass is 16.5. The average Bonchev–Trinajstić information content (AvgIpc) is 2.93. The summed E-state index contributed by atoms with van der Waals surface area (Å²) in [5.74, 6) is -2.58. The topological polar surface area (TPSA) is 86.7 Å². The number of esters is 2. The first-order valence-corrected chi connectivity index (χ1v) is 11.3. The number of carbonyl (C=O) groups is 4. The van der Waals surface area contributed by atoms with E-state index in [-0.39, 0.29) is 46.6 Å². The van der Waals surface area contributed by atoms with Gasteiger partial charge in [-0.15, -0.1) is 0 Å². The van der Waals surface area contributed by atoms with Gasteiger partial charge in [0, 0.05) is 22.3 Å². The molecule has 0 aliphatic heterocycles. The van der Waals surface area contributed by atoms with Gasteiger partial charge in [-0.25, -0.2) is 9.59 Å². The number of benzene rings is 4. The van der Waals surface area contributed by atoms with Crippen LogP contribution >= 0.6 is 0 Å². The van der Waals surface area contributed by atoms with Crippen LogP contribution in [0.5, 0.6) is 0 Å². The molecule has 0 aromatic heterocycles. The number of carbonyl (C=O) groups excluding carboxylic acids is 4. The third kappa shape index (κ3) is 4.32. The SMILES string of the molecule is O=C(OCc1ccccc1)c1ccc(C(=O)OCc2ccccc2)c2c1C(=O)c1ccccc1C2=O. The van der Waals surface area contributed by atoms with E-state index >= 15 is 0 Å². The minimum Gasteiger partial charge on any atom is -0.457 e. The highest BCUT2D eigenvalue weighted by molar-refractivity contribution is 6.32. The second kappa shape index (κ2) is 9.80. The molecule has 0 fully saturated rings. The van der Waals surface area contributed by atoms with Crippen molar-refractivity contribution in [1.29, 1.82) is 0 Å². The molecule has 0 radical (unpaired) electrons. The van der Waals surface area contributed by atoms with E-state index in [0.717, 1.165) is 11.1 Å². The van der Waals surface area contributed by atoms with E-state index in [9.17, 15) is 19.2 Å². The Balaban J connectivity index is 1.53. The maximum absolute atomic E-state index is 13.5. The summed E-state index contributed by atoms with van der Waals surface area (Å²) in [4.78, 5) is 53.1. The van der Waals surface area contributed by atoms with Crippen LogP contribution in [0.15, 0.2) is 97.1 Å². The lowest BCUT2D eigenvalue weighted by Crippen LogP contribution is -2.27. The Morgan fingerprint density at radius 3 is 1.25 bits per heavy atom. The second-order valence-electron chi connectivity index (χ2n) is 8.24. The van der Waals surface area contributed by atoms with Crippen LogP contribution in [0, 0.1) is 0 Å². The molecule has 0 saturated heterocycles. The van der Waals surface area contributed by atoms with Gasteiger partial charge in [-0.05, 0) is 23.3 Å². The summed E-state index contributed by atoms with van der Waals surface area (Å²) >= 11 is 0. The van der Waals surface area contributed by atoms with Gasteiger partial charge in [-0.3, -0.25) is 9.59 Å². The van der Waals surface area contributed by atoms with E-state index in [1.165, 1.54) is 24.3 Å². The van der Waals surface area contributed by atoms with Crippen molar-refractivity contribution in [3.8, 4) is 0 Å². The van der Waals surface area contributed by atoms with Crippen LogP contribution in [0.1, 0.15) is 63.7 Å². The van der Waals surface area contributed by atoms with E-state index < -0.39 is 23.5 Å². The molecule has 1 aliphatic rings. The van der Waals surface area contributed by atoms with Gasteiger partial charge < -0.3 is 9.47 Å².